The van der Waals surface area contributed by atoms with Gasteiger partial charge in [-0.15, -0.1) is 11.3 Å². The first-order valence-corrected chi connectivity index (χ1v) is 10.3. The van der Waals surface area contributed by atoms with Crippen LogP contribution >= 0.6 is 11.3 Å². The molecule has 0 bridgehead atoms. The van der Waals surface area contributed by atoms with Gasteiger partial charge in [-0.2, -0.15) is 0 Å². The molecule has 7 heteroatoms. The second-order valence-corrected chi connectivity index (χ2v) is 7.66. The summed E-state index contributed by atoms with van der Waals surface area (Å²) in [4.78, 5) is 26.0. The lowest BCUT2D eigenvalue weighted by atomic mass is 10.1. The molecule has 152 valence electrons. The molecule has 1 atom stereocenters. The van der Waals surface area contributed by atoms with Crippen molar-refractivity contribution in [2.45, 2.75) is 26.8 Å². The summed E-state index contributed by atoms with van der Waals surface area (Å²) in [6.07, 6.45) is 1.62. The van der Waals surface area contributed by atoms with Crippen molar-refractivity contribution in [1.82, 2.24) is 0 Å². The first kappa shape index (κ1) is 20.8. The molecule has 0 saturated heterocycles. The molecule has 0 fully saturated rings. The Morgan fingerprint density at radius 2 is 1.97 bits per heavy atom. The van der Waals surface area contributed by atoms with Crippen LogP contribution < -0.4 is 10.6 Å². The maximum absolute atomic E-state index is 12.6. The maximum atomic E-state index is 12.6. The number of quaternary nitrogens is 1. The Balaban J connectivity index is 1.79. The zero-order chi connectivity index (χ0) is 20.8. The normalized spacial score (nSPS) is 11.8. The highest BCUT2D eigenvalue weighted by atomic mass is 32.1. The molecule has 3 N–H and O–H groups in total. The van der Waals surface area contributed by atoms with Gasteiger partial charge >= 0.3 is 5.97 Å². The molecule has 0 saturated carbocycles. The quantitative estimate of drug-likeness (QED) is 0.551. The largest absolute Gasteiger partial charge is 0.463 e. The number of thiophene rings is 1. The third-order valence-electron chi connectivity index (χ3n) is 4.56. The van der Waals surface area contributed by atoms with Gasteiger partial charge in [-0.25, -0.2) is 4.79 Å². The number of esters is 1. The van der Waals surface area contributed by atoms with Gasteiger partial charge in [0, 0.05) is 4.88 Å². The van der Waals surface area contributed by atoms with Crippen LogP contribution in [0, 0.1) is 6.92 Å². The SMILES string of the molecule is CCOC(=O)c1c(NC(=O)C[NH2+][C@H](C)c2ccco2)sc(-c2ccccc2)c1C. The minimum Gasteiger partial charge on any atom is -0.463 e. The molecule has 29 heavy (non-hydrogen) atoms. The second-order valence-electron chi connectivity index (χ2n) is 6.64. The lowest BCUT2D eigenvalue weighted by Crippen LogP contribution is -2.86. The molecule has 0 aliphatic rings. The number of benzene rings is 1. The minimum absolute atomic E-state index is 0.0187. The zero-order valence-corrected chi connectivity index (χ0v) is 17.5. The van der Waals surface area contributed by atoms with Crippen LogP contribution in [0.1, 0.15) is 41.6 Å². The highest BCUT2D eigenvalue weighted by Gasteiger charge is 2.25. The third-order valence-corrected chi connectivity index (χ3v) is 5.82. The molecule has 0 spiro atoms. The molecule has 0 unspecified atom stereocenters. The number of carbonyl (C=O) groups is 2. The van der Waals surface area contributed by atoms with Crippen molar-refractivity contribution in [2.24, 2.45) is 0 Å². The van der Waals surface area contributed by atoms with E-state index in [1.54, 1.807) is 13.2 Å². The fraction of sp³-hybridized carbons (Fsp3) is 0.273. The van der Waals surface area contributed by atoms with Crippen molar-refractivity contribution in [2.75, 3.05) is 18.5 Å². The zero-order valence-electron chi connectivity index (χ0n) is 16.7. The monoisotopic (exact) mass is 413 g/mol. The number of hydrogen-bond acceptors (Lipinski definition) is 5. The predicted molar refractivity (Wildman–Crippen MR) is 113 cm³/mol. The minimum atomic E-state index is -0.424. The molecular formula is C22H25N2O4S+. The lowest BCUT2D eigenvalue weighted by Gasteiger charge is -2.09. The summed E-state index contributed by atoms with van der Waals surface area (Å²) in [6, 6.07) is 13.5. The van der Waals surface area contributed by atoms with Crippen molar-refractivity contribution in [3.05, 3.63) is 65.6 Å². The number of anilines is 1. The van der Waals surface area contributed by atoms with Gasteiger partial charge in [0.15, 0.2) is 12.3 Å². The van der Waals surface area contributed by atoms with Crippen molar-refractivity contribution in [3.63, 3.8) is 0 Å². The van der Waals surface area contributed by atoms with Gasteiger partial charge in [0.2, 0.25) is 0 Å². The molecule has 2 heterocycles. The van der Waals surface area contributed by atoms with E-state index in [2.05, 4.69) is 5.32 Å². The van der Waals surface area contributed by atoms with Crippen LogP contribution in [0.3, 0.4) is 0 Å². The van der Waals surface area contributed by atoms with Gasteiger partial charge in [0.05, 0.1) is 18.4 Å². The molecule has 1 aromatic carbocycles. The molecule has 1 amide bonds. The summed E-state index contributed by atoms with van der Waals surface area (Å²) >= 11 is 1.39. The lowest BCUT2D eigenvalue weighted by molar-refractivity contribution is -0.684. The van der Waals surface area contributed by atoms with Crippen LogP contribution in [0.25, 0.3) is 10.4 Å². The van der Waals surface area contributed by atoms with E-state index in [-0.39, 0.29) is 25.1 Å². The smallest absolute Gasteiger partial charge is 0.341 e. The topological polar surface area (TPSA) is 85.1 Å². The van der Waals surface area contributed by atoms with Gasteiger partial charge in [0.1, 0.15) is 11.0 Å². The molecular weight excluding hydrogens is 388 g/mol. The standard InChI is InChI=1S/C22H24N2O4S/c1-4-27-22(26)19-14(2)20(16-9-6-5-7-10-16)29-21(19)24-18(25)13-23-15(3)17-11-8-12-28-17/h5-12,15,23H,4,13H2,1-3H3,(H,24,25)/p+1/t15-/m1/s1. The number of carbonyl (C=O) groups excluding carboxylic acids is 2. The fourth-order valence-corrected chi connectivity index (χ4v) is 4.26. The number of ether oxygens (including phenoxy) is 1. The number of furan rings is 1. The summed E-state index contributed by atoms with van der Waals surface area (Å²) in [5.41, 5.74) is 2.23. The van der Waals surface area contributed by atoms with E-state index in [1.807, 2.05) is 61.6 Å². The van der Waals surface area contributed by atoms with Crippen molar-refractivity contribution in [3.8, 4) is 10.4 Å². The Hall–Kier alpha value is -2.90. The van der Waals surface area contributed by atoms with E-state index in [0.29, 0.717) is 10.6 Å². The first-order chi connectivity index (χ1) is 14.0. The van der Waals surface area contributed by atoms with E-state index >= 15 is 0 Å². The summed E-state index contributed by atoms with van der Waals surface area (Å²) < 4.78 is 10.6. The number of nitrogens with one attached hydrogen (secondary N) is 1. The van der Waals surface area contributed by atoms with Gasteiger partial charge in [-0.1, -0.05) is 30.3 Å². The maximum Gasteiger partial charge on any atom is 0.341 e. The fourth-order valence-electron chi connectivity index (χ4n) is 3.04. The van der Waals surface area contributed by atoms with Crippen molar-refractivity contribution < 1.29 is 24.1 Å². The van der Waals surface area contributed by atoms with Gasteiger partial charge < -0.3 is 19.8 Å². The highest BCUT2D eigenvalue weighted by molar-refractivity contribution is 7.20. The number of amides is 1. The predicted octanol–water partition coefficient (Wildman–Crippen LogP) is 3.76. The average molecular weight is 414 g/mol. The van der Waals surface area contributed by atoms with E-state index < -0.39 is 5.97 Å². The first-order valence-electron chi connectivity index (χ1n) is 9.53. The summed E-state index contributed by atoms with van der Waals surface area (Å²) in [5, 5.41) is 5.30. The Labute approximate surface area is 173 Å². The van der Waals surface area contributed by atoms with Crippen molar-refractivity contribution in [1.29, 1.82) is 0 Å². The van der Waals surface area contributed by atoms with Crippen molar-refractivity contribution >= 4 is 28.2 Å². The number of nitrogens with two attached hydrogens (primary N) is 1. The Bertz CT molecular complexity index is 964. The van der Waals surface area contributed by atoms with E-state index in [9.17, 15) is 9.59 Å². The molecule has 6 nitrogen and oxygen atoms in total. The van der Waals surface area contributed by atoms with Crippen LogP contribution in [-0.2, 0) is 9.53 Å². The molecule has 0 aliphatic heterocycles. The van der Waals surface area contributed by atoms with E-state index in [4.69, 9.17) is 9.15 Å². The molecule has 0 aliphatic carbocycles. The van der Waals surface area contributed by atoms with Gasteiger partial charge in [0.25, 0.3) is 5.91 Å². The molecule has 3 rings (SSSR count). The highest BCUT2D eigenvalue weighted by Crippen LogP contribution is 2.40. The average Bonchev–Trinajstić information content (AvgIpc) is 3.35. The van der Waals surface area contributed by atoms with Crippen LogP contribution in [0.4, 0.5) is 5.00 Å². The van der Waals surface area contributed by atoms with E-state index in [0.717, 1.165) is 21.8 Å². The summed E-state index contributed by atoms with van der Waals surface area (Å²) in [7, 11) is 0. The van der Waals surface area contributed by atoms with Crippen LogP contribution in [-0.4, -0.2) is 25.0 Å². The Morgan fingerprint density at radius 3 is 2.62 bits per heavy atom. The third kappa shape index (κ3) is 4.93. The Kier molecular flexibility index (Phi) is 6.85. The molecule has 3 aromatic rings. The summed E-state index contributed by atoms with van der Waals surface area (Å²) in [6.45, 7) is 6.10. The molecule has 2 aromatic heterocycles. The van der Waals surface area contributed by atoms with Gasteiger partial charge in [-0.05, 0) is 44.0 Å². The Morgan fingerprint density at radius 1 is 1.21 bits per heavy atom. The van der Waals surface area contributed by atoms with Crippen LogP contribution in [0.5, 0.6) is 0 Å². The van der Waals surface area contributed by atoms with Gasteiger partial charge in [-0.3, -0.25) is 4.79 Å². The van der Waals surface area contributed by atoms with Crippen LogP contribution in [0.2, 0.25) is 0 Å². The number of hydrogen-bond donors (Lipinski definition) is 2. The summed E-state index contributed by atoms with van der Waals surface area (Å²) in [5.74, 6) is 0.199. The van der Waals surface area contributed by atoms with E-state index in [1.165, 1.54) is 11.3 Å². The number of rotatable bonds is 8. The molecule has 0 radical (unpaired) electrons. The van der Waals surface area contributed by atoms with Crippen LogP contribution in [0.15, 0.2) is 53.1 Å². The second kappa shape index (κ2) is 9.54.